The minimum Gasteiger partial charge on any atom is -0.383 e. The molecule has 112 valence electrons. The smallest absolute Gasteiger partial charge is 0.138 e. The number of benzene rings is 1. The zero-order chi connectivity index (χ0) is 14.9. The van der Waals surface area contributed by atoms with Gasteiger partial charge in [0.25, 0.3) is 0 Å². The zero-order valence-corrected chi connectivity index (χ0v) is 12.7. The molecule has 0 atom stereocenters. The minimum atomic E-state index is -0.224. The number of thioether (sulfide) groups is 1. The fourth-order valence-corrected chi connectivity index (χ4v) is 2.47. The summed E-state index contributed by atoms with van der Waals surface area (Å²) in [5.74, 6) is 1.14. The lowest BCUT2D eigenvalue weighted by Gasteiger charge is -2.05. The van der Waals surface area contributed by atoms with E-state index in [-0.39, 0.29) is 5.82 Å². The van der Waals surface area contributed by atoms with Gasteiger partial charge in [-0.1, -0.05) is 6.07 Å². The molecular formula is C15H18FN3OS. The quantitative estimate of drug-likeness (QED) is 0.600. The van der Waals surface area contributed by atoms with E-state index in [1.165, 1.54) is 23.9 Å². The van der Waals surface area contributed by atoms with E-state index >= 15 is 0 Å². The van der Waals surface area contributed by atoms with Crippen molar-refractivity contribution >= 4 is 11.8 Å². The summed E-state index contributed by atoms with van der Waals surface area (Å²) < 4.78 is 18.0. The molecule has 0 aliphatic carbocycles. The molecule has 0 bridgehead atoms. The van der Waals surface area contributed by atoms with E-state index in [0.29, 0.717) is 12.4 Å². The SMILES string of the molecule is COCCNCc1cnc(CSc2cccc(F)c2)nc1. The number of methoxy groups -OCH3 is 1. The van der Waals surface area contributed by atoms with E-state index < -0.39 is 0 Å². The number of nitrogens with zero attached hydrogens (tertiary/aromatic N) is 2. The Morgan fingerprint density at radius 3 is 2.81 bits per heavy atom. The first-order valence-corrected chi connectivity index (χ1v) is 7.64. The highest BCUT2D eigenvalue weighted by Crippen LogP contribution is 2.21. The second-order valence-electron chi connectivity index (χ2n) is 4.42. The zero-order valence-electron chi connectivity index (χ0n) is 11.9. The Balaban J connectivity index is 1.79. The third-order valence-electron chi connectivity index (χ3n) is 2.73. The van der Waals surface area contributed by atoms with E-state index in [2.05, 4.69) is 15.3 Å². The number of ether oxygens (including phenoxy) is 1. The Bertz CT molecular complexity index is 551. The van der Waals surface area contributed by atoms with Gasteiger partial charge in [-0.15, -0.1) is 11.8 Å². The van der Waals surface area contributed by atoms with Gasteiger partial charge in [-0.05, 0) is 18.2 Å². The fourth-order valence-electron chi connectivity index (χ4n) is 1.66. The van der Waals surface area contributed by atoms with Gasteiger partial charge < -0.3 is 10.1 Å². The molecule has 1 aromatic carbocycles. The number of nitrogens with one attached hydrogen (secondary N) is 1. The molecule has 1 aromatic heterocycles. The van der Waals surface area contributed by atoms with Crippen LogP contribution in [0, 0.1) is 5.82 Å². The van der Waals surface area contributed by atoms with Gasteiger partial charge in [-0.25, -0.2) is 14.4 Å². The van der Waals surface area contributed by atoms with Crippen molar-refractivity contribution in [3.8, 4) is 0 Å². The van der Waals surface area contributed by atoms with Gasteiger partial charge in [0.15, 0.2) is 0 Å². The number of hydrogen-bond donors (Lipinski definition) is 1. The lowest BCUT2D eigenvalue weighted by Crippen LogP contribution is -2.18. The average molecular weight is 307 g/mol. The molecule has 0 aliphatic heterocycles. The standard InChI is InChI=1S/C15H18FN3OS/c1-20-6-5-17-8-12-9-18-15(19-10-12)11-21-14-4-2-3-13(16)7-14/h2-4,7,9-10,17H,5-6,8,11H2,1H3. The van der Waals surface area contributed by atoms with Gasteiger partial charge in [-0.3, -0.25) is 0 Å². The van der Waals surface area contributed by atoms with Crippen molar-refractivity contribution in [3.05, 3.63) is 53.9 Å². The molecule has 0 saturated heterocycles. The summed E-state index contributed by atoms with van der Waals surface area (Å²) in [4.78, 5) is 9.51. The molecule has 1 N–H and O–H groups in total. The molecule has 0 unspecified atom stereocenters. The lowest BCUT2D eigenvalue weighted by molar-refractivity contribution is 0.199. The maximum atomic E-state index is 13.1. The van der Waals surface area contributed by atoms with Crippen LogP contribution in [0.4, 0.5) is 4.39 Å². The van der Waals surface area contributed by atoms with E-state index in [9.17, 15) is 4.39 Å². The summed E-state index contributed by atoms with van der Waals surface area (Å²) >= 11 is 1.52. The summed E-state index contributed by atoms with van der Waals surface area (Å²) in [7, 11) is 1.68. The van der Waals surface area contributed by atoms with Crippen LogP contribution in [0.15, 0.2) is 41.6 Å². The highest BCUT2D eigenvalue weighted by Gasteiger charge is 2.01. The van der Waals surface area contributed by atoms with E-state index in [1.54, 1.807) is 13.2 Å². The number of hydrogen-bond acceptors (Lipinski definition) is 5. The second-order valence-corrected chi connectivity index (χ2v) is 5.47. The molecule has 2 rings (SSSR count). The predicted octanol–water partition coefficient (Wildman–Crippen LogP) is 2.64. The Kier molecular flexibility index (Phi) is 6.59. The van der Waals surface area contributed by atoms with Crippen LogP contribution >= 0.6 is 11.8 Å². The first-order chi connectivity index (χ1) is 10.3. The van der Waals surface area contributed by atoms with E-state index in [1.807, 2.05) is 18.5 Å². The first kappa shape index (κ1) is 15.9. The summed E-state index contributed by atoms with van der Waals surface area (Å²) in [6, 6.07) is 6.53. The molecule has 4 nitrogen and oxygen atoms in total. The average Bonchev–Trinajstić information content (AvgIpc) is 2.51. The third-order valence-corrected chi connectivity index (χ3v) is 3.72. The summed E-state index contributed by atoms with van der Waals surface area (Å²) in [6.07, 6.45) is 3.63. The highest BCUT2D eigenvalue weighted by atomic mass is 32.2. The van der Waals surface area contributed by atoms with Gasteiger partial charge in [0, 0.05) is 43.1 Å². The summed E-state index contributed by atoms with van der Waals surface area (Å²) in [5, 5.41) is 3.23. The van der Waals surface area contributed by atoms with Crippen molar-refractivity contribution in [1.82, 2.24) is 15.3 Å². The van der Waals surface area contributed by atoms with Gasteiger partial charge >= 0.3 is 0 Å². The van der Waals surface area contributed by atoms with Crippen molar-refractivity contribution in [3.63, 3.8) is 0 Å². The molecule has 0 spiro atoms. The normalized spacial score (nSPS) is 10.8. The Morgan fingerprint density at radius 1 is 1.29 bits per heavy atom. The third kappa shape index (κ3) is 5.79. The molecule has 0 saturated carbocycles. The predicted molar refractivity (Wildman–Crippen MR) is 81.6 cm³/mol. The number of aromatic nitrogens is 2. The van der Waals surface area contributed by atoms with Crippen LogP contribution in [0.5, 0.6) is 0 Å². The fraction of sp³-hybridized carbons (Fsp3) is 0.333. The first-order valence-electron chi connectivity index (χ1n) is 6.66. The summed E-state index contributed by atoms with van der Waals surface area (Å²) in [5.41, 5.74) is 1.03. The molecule has 0 aliphatic rings. The molecule has 6 heteroatoms. The number of rotatable bonds is 8. The largest absolute Gasteiger partial charge is 0.383 e. The second kappa shape index (κ2) is 8.71. The van der Waals surface area contributed by atoms with Gasteiger partial charge in [0.05, 0.1) is 12.4 Å². The summed E-state index contributed by atoms with van der Waals surface area (Å²) in [6.45, 7) is 2.21. The highest BCUT2D eigenvalue weighted by molar-refractivity contribution is 7.98. The Labute approximate surface area is 128 Å². The van der Waals surface area contributed by atoms with Crippen LogP contribution in [0.2, 0.25) is 0 Å². The van der Waals surface area contributed by atoms with E-state index in [4.69, 9.17) is 4.74 Å². The maximum Gasteiger partial charge on any atom is 0.138 e. The molecule has 21 heavy (non-hydrogen) atoms. The van der Waals surface area contributed by atoms with Crippen LogP contribution in [0.3, 0.4) is 0 Å². The van der Waals surface area contributed by atoms with Crippen LogP contribution in [0.25, 0.3) is 0 Å². The van der Waals surface area contributed by atoms with Crippen LogP contribution in [-0.4, -0.2) is 30.2 Å². The monoisotopic (exact) mass is 307 g/mol. The number of halogens is 1. The molecule has 2 aromatic rings. The van der Waals surface area contributed by atoms with Crippen molar-refractivity contribution in [2.24, 2.45) is 0 Å². The minimum absolute atomic E-state index is 0.224. The molecular weight excluding hydrogens is 289 g/mol. The Morgan fingerprint density at radius 2 is 2.10 bits per heavy atom. The van der Waals surface area contributed by atoms with Gasteiger partial charge in [0.2, 0.25) is 0 Å². The van der Waals surface area contributed by atoms with Gasteiger partial charge in [0.1, 0.15) is 11.6 Å². The lowest BCUT2D eigenvalue weighted by atomic mass is 10.3. The molecule has 1 heterocycles. The van der Waals surface area contributed by atoms with E-state index in [0.717, 1.165) is 29.4 Å². The van der Waals surface area contributed by atoms with Crippen LogP contribution in [-0.2, 0) is 17.0 Å². The van der Waals surface area contributed by atoms with Crippen molar-refractivity contribution in [2.45, 2.75) is 17.2 Å². The van der Waals surface area contributed by atoms with Crippen molar-refractivity contribution in [2.75, 3.05) is 20.3 Å². The maximum absolute atomic E-state index is 13.1. The Hall–Kier alpha value is -1.50. The molecule has 0 radical (unpaired) electrons. The topological polar surface area (TPSA) is 47.0 Å². The molecule has 0 fully saturated rings. The van der Waals surface area contributed by atoms with Gasteiger partial charge in [-0.2, -0.15) is 0 Å². The van der Waals surface area contributed by atoms with Crippen molar-refractivity contribution < 1.29 is 9.13 Å². The van der Waals surface area contributed by atoms with Crippen LogP contribution < -0.4 is 5.32 Å². The molecule has 0 amide bonds. The van der Waals surface area contributed by atoms with Crippen LogP contribution in [0.1, 0.15) is 11.4 Å². The van der Waals surface area contributed by atoms with Crippen molar-refractivity contribution in [1.29, 1.82) is 0 Å².